The first-order valence-corrected chi connectivity index (χ1v) is 10.2. The number of rotatable bonds is 6. The molecule has 132 valence electrons. The molecule has 2 heterocycles. The van der Waals surface area contributed by atoms with Crippen LogP contribution in [0, 0.1) is 0 Å². The van der Waals surface area contributed by atoms with E-state index < -0.39 is 0 Å². The van der Waals surface area contributed by atoms with Crippen LogP contribution in [0.1, 0.15) is 19.8 Å². The summed E-state index contributed by atoms with van der Waals surface area (Å²) in [6.45, 7) is 9.30. The fourth-order valence-corrected chi connectivity index (χ4v) is 4.48. The van der Waals surface area contributed by atoms with Gasteiger partial charge in [-0.05, 0) is 31.9 Å². The highest BCUT2D eigenvalue weighted by Crippen LogP contribution is 2.18. The number of hydrogen-bond acceptors (Lipinski definition) is 4. The molecule has 3 rings (SSSR count). The summed E-state index contributed by atoms with van der Waals surface area (Å²) < 4.78 is 0. The van der Waals surface area contributed by atoms with Gasteiger partial charge in [-0.25, -0.2) is 0 Å². The summed E-state index contributed by atoms with van der Waals surface area (Å²) in [7, 11) is 0. The predicted molar refractivity (Wildman–Crippen MR) is 100 cm³/mol. The molecule has 0 N–H and O–H groups in total. The lowest BCUT2D eigenvalue weighted by atomic mass is 10.2. The van der Waals surface area contributed by atoms with Gasteiger partial charge in [-0.1, -0.05) is 18.2 Å². The molecule has 1 aromatic carbocycles. The van der Waals surface area contributed by atoms with Gasteiger partial charge in [0, 0.05) is 56.5 Å². The summed E-state index contributed by atoms with van der Waals surface area (Å²) in [5, 5.41) is 0. The van der Waals surface area contributed by atoms with E-state index in [2.05, 4.69) is 47.1 Å². The topological polar surface area (TPSA) is 26.8 Å². The Hall–Kier alpha value is -1.04. The normalized spacial score (nSPS) is 21.1. The number of amides is 1. The van der Waals surface area contributed by atoms with Gasteiger partial charge >= 0.3 is 0 Å². The third kappa shape index (κ3) is 4.74. The van der Waals surface area contributed by atoms with Crippen LogP contribution in [-0.4, -0.2) is 78.2 Å². The van der Waals surface area contributed by atoms with E-state index in [0.717, 1.165) is 51.6 Å². The van der Waals surface area contributed by atoms with Crippen LogP contribution >= 0.6 is 11.8 Å². The molecular formula is C19H29N3OS. The van der Waals surface area contributed by atoms with E-state index in [4.69, 9.17) is 0 Å². The number of nitrogens with zero attached hydrogens (tertiary/aromatic N) is 3. The second-order valence-electron chi connectivity index (χ2n) is 6.75. The zero-order chi connectivity index (χ0) is 16.8. The molecule has 0 spiro atoms. The van der Waals surface area contributed by atoms with Crippen LogP contribution in [0.5, 0.6) is 0 Å². The zero-order valence-electron chi connectivity index (χ0n) is 14.7. The Balaban J connectivity index is 1.36. The molecule has 0 aromatic heterocycles. The monoisotopic (exact) mass is 347 g/mol. The van der Waals surface area contributed by atoms with E-state index in [1.165, 1.54) is 17.7 Å². The SMILES string of the molecule is C[C@@H](C(=O)N1CCCC1)N1CCN(CCSc2ccccc2)CC1. The van der Waals surface area contributed by atoms with Gasteiger partial charge in [-0.3, -0.25) is 14.6 Å². The molecule has 24 heavy (non-hydrogen) atoms. The lowest BCUT2D eigenvalue weighted by molar-refractivity contribution is -0.136. The average molecular weight is 348 g/mol. The number of carbonyl (C=O) groups is 1. The van der Waals surface area contributed by atoms with Crippen LogP contribution in [0.25, 0.3) is 0 Å². The van der Waals surface area contributed by atoms with Crippen LogP contribution in [-0.2, 0) is 4.79 Å². The van der Waals surface area contributed by atoms with Crippen molar-refractivity contribution >= 4 is 17.7 Å². The van der Waals surface area contributed by atoms with Crippen molar-refractivity contribution in [1.82, 2.24) is 14.7 Å². The van der Waals surface area contributed by atoms with Crippen molar-refractivity contribution in [2.24, 2.45) is 0 Å². The molecule has 1 atom stereocenters. The minimum absolute atomic E-state index is 0.0453. The summed E-state index contributed by atoms with van der Waals surface area (Å²) in [6, 6.07) is 10.7. The maximum atomic E-state index is 12.5. The number of hydrogen-bond donors (Lipinski definition) is 0. The van der Waals surface area contributed by atoms with Gasteiger partial charge in [0.25, 0.3) is 0 Å². The Morgan fingerprint density at radius 3 is 2.38 bits per heavy atom. The number of piperazine rings is 1. The highest BCUT2D eigenvalue weighted by Gasteiger charge is 2.29. The number of likely N-dealkylation sites (tertiary alicyclic amines) is 1. The van der Waals surface area contributed by atoms with Gasteiger partial charge in [0.1, 0.15) is 0 Å². The van der Waals surface area contributed by atoms with Crippen molar-refractivity contribution in [3.05, 3.63) is 30.3 Å². The molecule has 1 aromatic rings. The van der Waals surface area contributed by atoms with Crippen LogP contribution in [0.2, 0.25) is 0 Å². The average Bonchev–Trinajstić information content (AvgIpc) is 3.17. The van der Waals surface area contributed by atoms with E-state index in [1.807, 2.05) is 16.7 Å². The first kappa shape index (κ1) is 17.8. The molecule has 2 fully saturated rings. The van der Waals surface area contributed by atoms with Crippen LogP contribution in [0.4, 0.5) is 0 Å². The molecule has 0 unspecified atom stereocenters. The third-order valence-electron chi connectivity index (χ3n) is 5.15. The molecule has 0 aliphatic carbocycles. The van der Waals surface area contributed by atoms with Crippen molar-refractivity contribution in [3.63, 3.8) is 0 Å². The Bertz CT molecular complexity index is 511. The maximum Gasteiger partial charge on any atom is 0.239 e. The molecule has 0 radical (unpaired) electrons. The summed E-state index contributed by atoms with van der Waals surface area (Å²) in [5.74, 6) is 1.47. The zero-order valence-corrected chi connectivity index (χ0v) is 15.5. The lowest BCUT2D eigenvalue weighted by Crippen LogP contribution is -2.54. The van der Waals surface area contributed by atoms with Crippen molar-refractivity contribution in [2.75, 3.05) is 51.6 Å². The van der Waals surface area contributed by atoms with Gasteiger partial charge < -0.3 is 4.90 Å². The quantitative estimate of drug-likeness (QED) is 0.739. The minimum atomic E-state index is 0.0453. The van der Waals surface area contributed by atoms with Crippen LogP contribution in [0.3, 0.4) is 0 Å². The molecule has 0 saturated carbocycles. The first-order chi connectivity index (χ1) is 11.7. The molecule has 5 heteroatoms. The fourth-order valence-electron chi connectivity index (χ4n) is 3.54. The predicted octanol–water partition coefficient (Wildman–Crippen LogP) is 2.41. The summed E-state index contributed by atoms with van der Waals surface area (Å²) in [4.78, 5) is 20.8. The Labute approximate surface area is 150 Å². The largest absolute Gasteiger partial charge is 0.341 e. The van der Waals surface area contributed by atoms with Gasteiger partial charge in [-0.2, -0.15) is 0 Å². The van der Waals surface area contributed by atoms with Crippen molar-refractivity contribution in [1.29, 1.82) is 0 Å². The molecule has 1 amide bonds. The molecule has 2 aliphatic rings. The van der Waals surface area contributed by atoms with Crippen LogP contribution in [0.15, 0.2) is 35.2 Å². The lowest BCUT2D eigenvalue weighted by Gasteiger charge is -2.38. The number of thioether (sulfide) groups is 1. The molecule has 4 nitrogen and oxygen atoms in total. The molecule has 0 bridgehead atoms. The fraction of sp³-hybridized carbons (Fsp3) is 0.632. The van der Waals surface area contributed by atoms with E-state index in [0.29, 0.717) is 5.91 Å². The van der Waals surface area contributed by atoms with Crippen molar-refractivity contribution < 1.29 is 4.79 Å². The second-order valence-corrected chi connectivity index (χ2v) is 7.92. The minimum Gasteiger partial charge on any atom is -0.341 e. The smallest absolute Gasteiger partial charge is 0.239 e. The number of benzene rings is 1. The van der Waals surface area contributed by atoms with Gasteiger partial charge in [0.05, 0.1) is 6.04 Å². The summed E-state index contributed by atoms with van der Waals surface area (Å²) in [6.07, 6.45) is 2.34. The summed E-state index contributed by atoms with van der Waals surface area (Å²) in [5.41, 5.74) is 0. The Morgan fingerprint density at radius 2 is 1.71 bits per heavy atom. The van der Waals surface area contributed by atoms with Gasteiger partial charge in [0.2, 0.25) is 5.91 Å². The van der Waals surface area contributed by atoms with Crippen molar-refractivity contribution in [2.45, 2.75) is 30.7 Å². The molecular weight excluding hydrogens is 318 g/mol. The third-order valence-corrected chi connectivity index (χ3v) is 6.14. The van der Waals surface area contributed by atoms with Gasteiger partial charge in [0.15, 0.2) is 0 Å². The summed E-state index contributed by atoms with van der Waals surface area (Å²) >= 11 is 1.93. The number of carbonyl (C=O) groups excluding carboxylic acids is 1. The highest BCUT2D eigenvalue weighted by molar-refractivity contribution is 7.99. The van der Waals surface area contributed by atoms with Crippen molar-refractivity contribution in [3.8, 4) is 0 Å². The highest BCUT2D eigenvalue weighted by atomic mass is 32.2. The second kappa shape index (κ2) is 8.88. The molecule has 2 aliphatic heterocycles. The van der Waals surface area contributed by atoms with Gasteiger partial charge in [-0.15, -0.1) is 11.8 Å². The Kier molecular flexibility index (Phi) is 6.58. The van der Waals surface area contributed by atoms with E-state index in [1.54, 1.807) is 0 Å². The van der Waals surface area contributed by atoms with E-state index in [9.17, 15) is 4.79 Å². The van der Waals surface area contributed by atoms with Crippen LogP contribution < -0.4 is 0 Å². The first-order valence-electron chi connectivity index (χ1n) is 9.17. The standard InChI is InChI=1S/C19H29N3OS/c1-17(19(23)22-9-5-6-10-22)21-13-11-20(12-14-21)15-16-24-18-7-3-2-4-8-18/h2-4,7-8,17H,5-6,9-16H2,1H3/t17-/m0/s1. The maximum absolute atomic E-state index is 12.5. The Morgan fingerprint density at radius 1 is 1.04 bits per heavy atom. The van der Waals surface area contributed by atoms with E-state index in [-0.39, 0.29) is 6.04 Å². The van der Waals surface area contributed by atoms with E-state index >= 15 is 0 Å². The molecule has 2 saturated heterocycles.